The Labute approximate surface area is 141 Å². The Morgan fingerprint density at radius 2 is 2.12 bits per heavy atom. The third-order valence-corrected chi connectivity index (χ3v) is 4.66. The van der Waals surface area contributed by atoms with Crippen LogP contribution in [0.2, 0.25) is 0 Å². The molecule has 0 saturated carbocycles. The molecule has 2 aliphatic heterocycles. The second-order valence-corrected chi connectivity index (χ2v) is 6.43. The van der Waals surface area contributed by atoms with Crippen LogP contribution in [0.1, 0.15) is 25.8 Å². The van der Waals surface area contributed by atoms with Crippen molar-refractivity contribution in [2.75, 3.05) is 11.9 Å². The van der Waals surface area contributed by atoms with Crippen molar-refractivity contribution in [2.45, 2.75) is 50.2 Å². The number of rotatable bonds is 2. The van der Waals surface area contributed by atoms with Crippen molar-refractivity contribution in [1.82, 2.24) is 19.1 Å². The normalized spacial score (nSPS) is 34.9. The number of anilines is 1. The summed E-state index contributed by atoms with van der Waals surface area (Å²) in [6, 6.07) is -0.0790. The smallest absolute Gasteiger partial charge is 0.285 e. The summed E-state index contributed by atoms with van der Waals surface area (Å²) in [5.41, 5.74) is -0.353. The van der Waals surface area contributed by atoms with Gasteiger partial charge in [0, 0.05) is 12.5 Å². The fraction of sp³-hybridized carbons (Fsp3) is 0.643. The number of hydrogen-bond acceptors (Lipinski definition) is 9. The largest absolute Gasteiger partial charge is 0.394 e. The molecule has 2 aliphatic rings. The van der Waals surface area contributed by atoms with E-state index in [-0.39, 0.29) is 23.2 Å². The van der Waals surface area contributed by atoms with Gasteiger partial charge in [-0.1, -0.05) is 0 Å². The van der Waals surface area contributed by atoms with Crippen LogP contribution in [0.3, 0.4) is 0 Å². The molecular formula is C14H19N5O6. The minimum Gasteiger partial charge on any atom is -0.394 e. The average Bonchev–Trinajstić information content (AvgIpc) is 3.09. The lowest BCUT2D eigenvalue weighted by Crippen LogP contribution is -2.38. The minimum atomic E-state index is -1.31. The number of fused-ring (bicyclic) bond motifs is 2. The predicted octanol–water partition coefficient (Wildman–Crippen LogP) is -2.10. The van der Waals surface area contributed by atoms with Crippen LogP contribution in [0.5, 0.6) is 0 Å². The third-order valence-electron chi connectivity index (χ3n) is 4.66. The fourth-order valence-electron chi connectivity index (χ4n) is 3.36. The molecule has 0 aromatic carbocycles. The lowest BCUT2D eigenvalue weighted by atomic mass is 10.1. The summed E-state index contributed by atoms with van der Waals surface area (Å²) in [5.74, 6) is 0.192. The maximum absolute atomic E-state index is 12.6. The molecule has 1 saturated heterocycles. The Kier molecular flexibility index (Phi) is 3.77. The maximum Gasteiger partial charge on any atom is 0.285 e. The van der Waals surface area contributed by atoms with Gasteiger partial charge in [0.05, 0.1) is 12.9 Å². The van der Waals surface area contributed by atoms with E-state index >= 15 is 0 Å². The van der Waals surface area contributed by atoms with Crippen LogP contribution in [0, 0.1) is 0 Å². The highest BCUT2D eigenvalue weighted by Crippen LogP contribution is 2.31. The predicted molar refractivity (Wildman–Crippen MR) is 83.8 cm³/mol. The molecule has 0 unspecified atom stereocenters. The molecule has 11 heteroatoms. The van der Waals surface area contributed by atoms with Gasteiger partial charge in [-0.25, -0.2) is 9.55 Å². The SMILES string of the molecule is C[C@@H]1C[C@H](O)n2c(nc3c(ncn3[C@@H]3O[C@H](CO)[C@@H](O)[C@H]3O)c2=O)N1. The van der Waals surface area contributed by atoms with Gasteiger partial charge >= 0.3 is 0 Å². The maximum atomic E-state index is 12.6. The second-order valence-electron chi connectivity index (χ2n) is 6.43. The van der Waals surface area contributed by atoms with Gasteiger partial charge in [0.1, 0.15) is 24.5 Å². The molecule has 11 nitrogen and oxygen atoms in total. The monoisotopic (exact) mass is 353 g/mol. The Morgan fingerprint density at radius 1 is 1.36 bits per heavy atom. The Morgan fingerprint density at radius 3 is 2.80 bits per heavy atom. The lowest BCUT2D eigenvalue weighted by Gasteiger charge is -2.28. The molecule has 5 N–H and O–H groups in total. The van der Waals surface area contributed by atoms with E-state index in [4.69, 9.17) is 4.74 Å². The molecule has 4 rings (SSSR count). The zero-order valence-corrected chi connectivity index (χ0v) is 13.3. The van der Waals surface area contributed by atoms with E-state index < -0.39 is 42.9 Å². The Bertz CT molecular complexity index is 865. The van der Waals surface area contributed by atoms with Gasteiger partial charge in [-0.2, -0.15) is 4.98 Å². The van der Waals surface area contributed by atoms with Crippen molar-refractivity contribution in [1.29, 1.82) is 0 Å². The highest BCUT2D eigenvalue weighted by atomic mass is 16.6. The first-order valence-corrected chi connectivity index (χ1v) is 7.98. The number of imidazole rings is 1. The van der Waals surface area contributed by atoms with Crippen LogP contribution in [0.25, 0.3) is 11.2 Å². The number of ether oxygens (including phenoxy) is 1. The summed E-state index contributed by atoms with van der Waals surface area (Å²) in [7, 11) is 0. The molecule has 2 aromatic heterocycles. The number of nitrogens with one attached hydrogen (secondary N) is 1. The number of aromatic nitrogens is 4. The van der Waals surface area contributed by atoms with E-state index in [0.29, 0.717) is 6.42 Å². The van der Waals surface area contributed by atoms with Crippen molar-refractivity contribution in [3.05, 3.63) is 16.7 Å². The first-order valence-electron chi connectivity index (χ1n) is 7.98. The first kappa shape index (κ1) is 16.4. The zero-order chi connectivity index (χ0) is 17.9. The van der Waals surface area contributed by atoms with Gasteiger partial charge in [-0.3, -0.25) is 9.36 Å². The van der Waals surface area contributed by atoms with E-state index in [2.05, 4.69) is 15.3 Å². The highest BCUT2D eigenvalue weighted by Gasteiger charge is 2.44. The van der Waals surface area contributed by atoms with Gasteiger partial charge in [-0.15, -0.1) is 0 Å². The van der Waals surface area contributed by atoms with E-state index in [1.54, 1.807) is 0 Å². The van der Waals surface area contributed by atoms with E-state index in [0.717, 1.165) is 4.57 Å². The molecule has 0 bridgehead atoms. The van der Waals surface area contributed by atoms with Crippen molar-refractivity contribution >= 4 is 17.1 Å². The van der Waals surface area contributed by atoms with Crippen molar-refractivity contribution in [3.63, 3.8) is 0 Å². The minimum absolute atomic E-state index is 0.0110. The van der Waals surface area contributed by atoms with Crippen LogP contribution in [-0.4, -0.2) is 70.5 Å². The first-order chi connectivity index (χ1) is 11.9. The van der Waals surface area contributed by atoms with Gasteiger partial charge < -0.3 is 30.5 Å². The number of aliphatic hydroxyl groups excluding tert-OH is 4. The molecule has 0 spiro atoms. The number of nitrogens with zero attached hydrogens (tertiary/aromatic N) is 4. The summed E-state index contributed by atoms with van der Waals surface area (Å²) >= 11 is 0. The third kappa shape index (κ3) is 2.35. The second kappa shape index (κ2) is 5.75. The zero-order valence-electron chi connectivity index (χ0n) is 13.3. The molecule has 0 radical (unpaired) electrons. The molecule has 136 valence electrons. The van der Waals surface area contributed by atoms with Crippen LogP contribution >= 0.6 is 0 Å². The Hall–Kier alpha value is -2.05. The lowest BCUT2D eigenvalue weighted by molar-refractivity contribution is -0.0511. The van der Waals surface area contributed by atoms with Crippen molar-refractivity contribution in [3.8, 4) is 0 Å². The van der Waals surface area contributed by atoms with E-state index in [1.165, 1.54) is 10.9 Å². The summed E-state index contributed by atoms with van der Waals surface area (Å²) in [5, 5.41) is 42.5. The average molecular weight is 353 g/mol. The summed E-state index contributed by atoms with van der Waals surface area (Å²) in [6.07, 6.45) is -3.95. The van der Waals surface area contributed by atoms with Crippen molar-refractivity contribution < 1.29 is 25.2 Å². The van der Waals surface area contributed by atoms with Gasteiger partial charge in [-0.05, 0) is 6.92 Å². The molecule has 2 aromatic rings. The Balaban J connectivity index is 1.84. The molecule has 25 heavy (non-hydrogen) atoms. The van der Waals surface area contributed by atoms with E-state index in [1.807, 2.05) is 6.92 Å². The van der Waals surface area contributed by atoms with Crippen LogP contribution in [0.4, 0.5) is 5.95 Å². The summed E-state index contributed by atoms with van der Waals surface area (Å²) < 4.78 is 7.95. The van der Waals surface area contributed by atoms with Gasteiger partial charge in [0.15, 0.2) is 17.4 Å². The van der Waals surface area contributed by atoms with Crippen LogP contribution in [0.15, 0.2) is 11.1 Å². The standard InChI is InChI=1S/C14H19N5O6/c1-5-2-7(21)19-12(24)8-11(17-14(19)16-5)18(4-15-8)13-10(23)9(22)6(3-20)25-13/h4-7,9-10,13,20-23H,2-3H2,1H3,(H,16,17)/t5-,6-,7+,9-,10-,13-/m1/s1. The fourth-order valence-corrected chi connectivity index (χ4v) is 3.36. The van der Waals surface area contributed by atoms with Gasteiger partial charge in [0.25, 0.3) is 5.56 Å². The van der Waals surface area contributed by atoms with Crippen LogP contribution < -0.4 is 10.9 Å². The summed E-state index contributed by atoms with van der Waals surface area (Å²) in [6.45, 7) is 1.39. The molecular weight excluding hydrogens is 334 g/mol. The molecule has 6 atom stereocenters. The topological polar surface area (TPSA) is 155 Å². The van der Waals surface area contributed by atoms with E-state index in [9.17, 15) is 25.2 Å². The molecule has 1 fully saturated rings. The molecule has 4 heterocycles. The number of hydrogen-bond donors (Lipinski definition) is 5. The van der Waals surface area contributed by atoms with Crippen molar-refractivity contribution in [2.24, 2.45) is 0 Å². The number of aliphatic hydroxyl groups is 4. The summed E-state index contributed by atoms with van der Waals surface area (Å²) in [4.78, 5) is 21.0. The molecule has 0 aliphatic carbocycles. The molecule has 0 amide bonds. The quantitative estimate of drug-likeness (QED) is 0.408. The van der Waals surface area contributed by atoms with Crippen LogP contribution in [-0.2, 0) is 4.74 Å². The van der Waals surface area contributed by atoms with Gasteiger partial charge in [0.2, 0.25) is 5.95 Å². The highest BCUT2D eigenvalue weighted by molar-refractivity contribution is 5.71.